The first-order valence-corrected chi connectivity index (χ1v) is 7.51. The molecule has 5 heteroatoms. The van der Waals surface area contributed by atoms with Crippen LogP contribution >= 0.6 is 0 Å². The monoisotopic (exact) mass is 293 g/mol. The van der Waals surface area contributed by atoms with E-state index in [0.717, 1.165) is 11.5 Å². The molecule has 0 saturated carbocycles. The maximum absolute atomic E-state index is 12.0. The van der Waals surface area contributed by atoms with Gasteiger partial charge < -0.3 is 19.1 Å². The number of carbonyl (C=O) groups excluding carboxylic acids is 1. The number of nitrogens with zero attached hydrogens (tertiary/aromatic N) is 1. The number of hydrogen-bond acceptors (Lipinski definition) is 4. The van der Waals surface area contributed by atoms with Crippen molar-refractivity contribution in [1.82, 2.24) is 4.90 Å². The summed E-state index contributed by atoms with van der Waals surface area (Å²) < 4.78 is 16.4. The van der Waals surface area contributed by atoms with E-state index in [9.17, 15) is 4.79 Å². The van der Waals surface area contributed by atoms with Crippen LogP contribution in [0.3, 0.4) is 0 Å². The summed E-state index contributed by atoms with van der Waals surface area (Å²) in [5, 5.41) is 0. The van der Waals surface area contributed by atoms with Crippen molar-refractivity contribution < 1.29 is 19.0 Å². The highest BCUT2D eigenvalue weighted by molar-refractivity contribution is 5.76. The quantitative estimate of drug-likeness (QED) is 0.722. The minimum absolute atomic E-state index is 0.181. The number of rotatable bonds is 7. The van der Waals surface area contributed by atoms with Crippen LogP contribution in [0, 0.1) is 0 Å². The molecular formula is C16H23NO4. The van der Waals surface area contributed by atoms with E-state index in [1.807, 2.05) is 36.1 Å². The summed E-state index contributed by atoms with van der Waals surface area (Å²) in [4.78, 5) is 13.8. The van der Waals surface area contributed by atoms with Crippen LogP contribution in [0.25, 0.3) is 0 Å². The number of hydrogen-bond donors (Lipinski definition) is 0. The zero-order valence-corrected chi connectivity index (χ0v) is 12.5. The molecular weight excluding hydrogens is 270 g/mol. The van der Waals surface area contributed by atoms with Gasteiger partial charge in [0.2, 0.25) is 5.91 Å². The van der Waals surface area contributed by atoms with Crippen molar-refractivity contribution >= 4 is 5.91 Å². The molecule has 116 valence electrons. The van der Waals surface area contributed by atoms with Gasteiger partial charge in [0.15, 0.2) is 11.5 Å². The largest absolute Gasteiger partial charge is 0.490 e. The Morgan fingerprint density at radius 2 is 1.86 bits per heavy atom. The number of ether oxygens (including phenoxy) is 3. The van der Waals surface area contributed by atoms with Gasteiger partial charge in [0.1, 0.15) is 0 Å². The van der Waals surface area contributed by atoms with Crippen molar-refractivity contribution in [3.05, 3.63) is 24.3 Å². The molecule has 0 radical (unpaired) electrons. The number of para-hydroxylation sites is 2. The predicted molar refractivity (Wildman–Crippen MR) is 79.7 cm³/mol. The Morgan fingerprint density at radius 1 is 1.19 bits per heavy atom. The maximum atomic E-state index is 12.0. The van der Waals surface area contributed by atoms with Crippen LogP contribution in [-0.2, 0) is 9.53 Å². The fraction of sp³-hybridized carbons (Fsp3) is 0.562. The van der Waals surface area contributed by atoms with Crippen molar-refractivity contribution in [2.24, 2.45) is 0 Å². The topological polar surface area (TPSA) is 48.0 Å². The van der Waals surface area contributed by atoms with Gasteiger partial charge in [0, 0.05) is 19.5 Å². The van der Waals surface area contributed by atoms with Gasteiger partial charge in [-0.2, -0.15) is 0 Å². The maximum Gasteiger partial charge on any atom is 0.222 e. The van der Waals surface area contributed by atoms with Gasteiger partial charge in [-0.3, -0.25) is 4.79 Å². The minimum atomic E-state index is 0.181. The molecule has 1 saturated heterocycles. The SMILES string of the molecule is CCOc1ccccc1OCCCC(=O)N1CCOCC1. The molecule has 0 unspecified atom stereocenters. The van der Waals surface area contributed by atoms with E-state index in [4.69, 9.17) is 14.2 Å². The molecule has 5 nitrogen and oxygen atoms in total. The van der Waals surface area contributed by atoms with Crippen LogP contribution in [0.4, 0.5) is 0 Å². The van der Waals surface area contributed by atoms with Crippen molar-refractivity contribution in [2.75, 3.05) is 39.5 Å². The van der Waals surface area contributed by atoms with E-state index in [1.165, 1.54) is 0 Å². The van der Waals surface area contributed by atoms with E-state index in [-0.39, 0.29) is 5.91 Å². The van der Waals surface area contributed by atoms with Crippen molar-refractivity contribution in [3.8, 4) is 11.5 Å². The van der Waals surface area contributed by atoms with Gasteiger partial charge >= 0.3 is 0 Å². The van der Waals surface area contributed by atoms with Gasteiger partial charge in [0.25, 0.3) is 0 Å². The zero-order chi connectivity index (χ0) is 14.9. The lowest BCUT2D eigenvalue weighted by atomic mass is 10.2. The second kappa shape index (κ2) is 8.52. The van der Waals surface area contributed by atoms with E-state index in [2.05, 4.69) is 0 Å². The molecule has 0 spiro atoms. The first kappa shape index (κ1) is 15.6. The highest BCUT2D eigenvalue weighted by atomic mass is 16.5. The molecule has 1 amide bonds. The summed E-state index contributed by atoms with van der Waals surface area (Å²) in [5.41, 5.74) is 0. The van der Waals surface area contributed by atoms with Gasteiger partial charge in [-0.1, -0.05) is 12.1 Å². The van der Waals surface area contributed by atoms with Crippen LogP contribution in [0.5, 0.6) is 11.5 Å². The Bertz CT molecular complexity index is 444. The lowest BCUT2D eigenvalue weighted by Gasteiger charge is -2.26. The van der Waals surface area contributed by atoms with E-state index < -0.39 is 0 Å². The van der Waals surface area contributed by atoms with Crippen LogP contribution in [0.15, 0.2) is 24.3 Å². The second-order valence-corrected chi connectivity index (χ2v) is 4.82. The lowest BCUT2D eigenvalue weighted by Crippen LogP contribution is -2.40. The van der Waals surface area contributed by atoms with Gasteiger partial charge in [-0.25, -0.2) is 0 Å². The van der Waals surface area contributed by atoms with E-state index in [0.29, 0.717) is 52.4 Å². The number of morpholine rings is 1. The molecule has 0 aromatic heterocycles. The summed E-state index contributed by atoms with van der Waals surface area (Å²) in [6, 6.07) is 7.60. The summed E-state index contributed by atoms with van der Waals surface area (Å²) >= 11 is 0. The van der Waals surface area contributed by atoms with Crippen molar-refractivity contribution in [1.29, 1.82) is 0 Å². The van der Waals surface area contributed by atoms with Crippen molar-refractivity contribution in [2.45, 2.75) is 19.8 Å². The Balaban J connectivity index is 1.70. The Labute approximate surface area is 125 Å². The van der Waals surface area contributed by atoms with Gasteiger partial charge in [-0.15, -0.1) is 0 Å². The summed E-state index contributed by atoms with van der Waals surface area (Å²) in [5.74, 6) is 1.66. The number of carbonyl (C=O) groups is 1. The van der Waals surface area contributed by atoms with Gasteiger partial charge in [0.05, 0.1) is 26.4 Å². The molecule has 21 heavy (non-hydrogen) atoms. The first-order chi connectivity index (χ1) is 10.3. The van der Waals surface area contributed by atoms with Gasteiger partial charge in [-0.05, 0) is 25.5 Å². The van der Waals surface area contributed by atoms with E-state index in [1.54, 1.807) is 0 Å². The third kappa shape index (κ3) is 4.93. The fourth-order valence-electron chi connectivity index (χ4n) is 2.22. The first-order valence-electron chi connectivity index (χ1n) is 7.51. The molecule has 1 aliphatic heterocycles. The molecule has 1 aromatic carbocycles. The molecule has 1 fully saturated rings. The molecule has 1 heterocycles. The Kier molecular flexibility index (Phi) is 6.34. The Hall–Kier alpha value is -1.75. The van der Waals surface area contributed by atoms with Crippen LogP contribution in [0.1, 0.15) is 19.8 Å². The average molecular weight is 293 g/mol. The second-order valence-electron chi connectivity index (χ2n) is 4.82. The predicted octanol–water partition coefficient (Wildman–Crippen LogP) is 2.10. The van der Waals surface area contributed by atoms with Crippen LogP contribution < -0.4 is 9.47 Å². The Morgan fingerprint density at radius 3 is 2.52 bits per heavy atom. The smallest absolute Gasteiger partial charge is 0.222 e. The third-order valence-corrected chi connectivity index (χ3v) is 3.31. The normalized spacial score (nSPS) is 14.8. The highest BCUT2D eigenvalue weighted by Gasteiger charge is 2.16. The summed E-state index contributed by atoms with van der Waals surface area (Å²) in [7, 11) is 0. The van der Waals surface area contributed by atoms with Crippen molar-refractivity contribution in [3.63, 3.8) is 0 Å². The molecule has 0 aliphatic carbocycles. The molecule has 1 aliphatic rings. The third-order valence-electron chi connectivity index (χ3n) is 3.31. The number of amides is 1. The summed E-state index contributed by atoms with van der Waals surface area (Å²) in [6.07, 6.45) is 1.22. The fourth-order valence-corrected chi connectivity index (χ4v) is 2.22. The molecule has 0 bridgehead atoms. The zero-order valence-electron chi connectivity index (χ0n) is 12.5. The molecule has 0 N–H and O–H groups in total. The lowest BCUT2D eigenvalue weighted by molar-refractivity contribution is -0.135. The summed E-state index contributed by atoms with van der Waals surface area (Å²) in [6.45, 7) is 5.75. The minimum Gasteiger partial charge on any atom is -0.490 e. The highest BCUT2D eigenvalue weighted by Crippen LogP contribution is 2.26. The standard InChI is InChI=1S/C16H23NO4/c1-2-20-14-6-3-4-7-15(14)21-11-5-8-16(18)17-9-12-19-13-10-17/h3-4,6-7H,2,5,8-13H2,1H3. The average Bonchev–Trinajstić information content (AvgIpc) is 2.54. The molecule has 0 atom stereocenters. The van der Waals surface area contributed by atoms with Crippen LogP contribution in [-0.4, -0.2) is 50.3 Å². The molecule has 2 rings (SSSR count). The number of benzene rings is 1. The van der Waals surface area contributed by atoms with E-state index >= 15 is 0 Å². The van der Waals surface area contributed by atoms with Crippen LogP contribution in [0.2, 0.25) is 0 Å². The molecule has 1 aromatic rings.